The molecule has 0 aromatic heterocycles. The molecule has 1 aliphatic heterocycles. The lowest BCUT2D eigenvalue weighted by Gasteiger charge is -2.50. The molecule has 0 amide bonds. The van der Waals surface area contributed by atoms with Crippen molar-refractivity contribution in [2.75, 3.05) is 33.5 Å². The molecule has 0 aromatic carbocycles. The molecule has 1 heterocycles. The molecule has 0 bridgehead atoms. The molecule has 0 spiro atoms. The van der Waals surface area contributed by atoms with Gasteiger partial charge in [-0.05, 0) is 6.42 Å². The van der Waals surface area contributed by atoms with Gasteiger partial charge < -0.3 is 20.1 Å². The Morgan fingerprint density at radius 3 is 2.20 bits per heavy atom. The van der Waals surface area contributed by atoms with Gasteiger partial charge in [-0.25, -0.2) is 0 Å². The van der Waals surface area contributed by atoms with E-state index in [0.29, 0.717) is 13.0 Å². The van der Waals surface area contributed by atoms with E-state index < -0.39 is 37.4 Å². The van der Waals surface area contributed by atoms with Gasteiger partial charge in [-0.15, -0.1) is 0 Å². The number of esters is 1. The van der Waals surface area contributed by atoms with E-state index in [9.17, 15) is 20.1 Å². The van der Waals surface area contributed by atoms with Gasteiger partial charge in [0.2, 0.25) is 0 Å². The first kappa shape index (κ1) is 12.4. The average Bonchev–Trinajstić information content (AvgIpc) is 2.24. The first-order valence-electron chi connectivity index (χ1n) is 4.82. The molecule has 1 rings (SSSR count). The van der Waals surface area contributed by atoms with E-state index in [1.807, 2.05) is 0 Å². The van der Waals surface area contributed by atoms with Crippen molar-refractivity contribution < 1.29 is 24.9 Å². The third-order valence-corrected chi connectivity index (χ3v) is 2.99. The Morgan fingerprint density at radius 1 is 1.40 bits per heavy atom. The zero-order chi connectivity index (χ0) is 11.5. The fraction of sp³-hybridized carbons (Fsp3) is 0.889. The summed E-state index contributed by atoms with van der Waals surface area (Å²) < 4.78 is 4.59. The second-order valence-corrected chi connectivity index (χ2v) is 3.72. The number of hydrogen-bond acceptors (Lipinski definition) is 6. The highest BCUT2D eigenvalue weighted by molar-refractivity contribution is 5.76. The van der Waals surface area contributed by atoms with E-state index in [4.69, 9.17) is 0 Å². The SMILES string of the molecule is COC(=O)C1CCN1C(CO)(CO)CO. The molecule has 6 nitrogen and oxygen atoms in total. The Kier molecular flexibility index (Phi) is 4.04. The van der Waals surface area contributed by atoms with Crippen molar-refractivity contribution in [3.63, 3.8) is 0 Å². The predicted octanol–water partition coefficient (Wildman–Crippen LogP) is -2.05. The second kappa shape index (κ2) is 4.89. The van der Waals surface area contributed by atoms with Gasteiger partial charge in [0.25, 0.3) is 0 Å². The average molecular weight is 219 g/mol. The number of aliphatic hydroxyl groups excluding tert-OH is 3. The summed E-state index contributed by atoms with van der Waals surface area (Å²) in [5.41, 5.74) is -1.13. The third-order valence-electron chi connectivity index (χ3n) is 2.99. The smallest absolute Gasteiger partial charge is 0.323 e. The van der Waals surface area contributed by atoms with Crippen molar-refractivity contribution in [1.29, 1.82) is 0 Å². The molecule has 0 saturated carbocycles. The Bertz CT molecular complexity index is 220. The van der Waals surface area contributed by atoms with Gasteiger partial charge in [0.05, 0.1) is 32.5 Å². The molecule has 0 aromatic rings. The number of aliphatic hydroxyl groups is 3. The molecule has 0 aliphatic carbocycles. The van der Waals surface area contributed by atoms with Crippen molar-refractivity contribution in [3.8, 4) is 0 Å². The molecule has 0 radical (unpaired) electrons. The van der Waals surface area contributed by atoms with Crippen molar-refractivity contribution in [1.82, 2.24) is 4.90 Å². The molecule has 1 atom stereocenters. The summed E-state index contributed by atoms with van der Waals surface area (Å²) in [7, 11) is 1.29. The summed E-state index contributed by atoms with van der Waals surface area (Å²) in [4.78, 5) is 12.9. The van der Waals surface area contributed by atoms with Crippen LogP contribution in [0.25, 0.3) is 0 Å². The lowest BCUT2D eigenvalue weighted by atomic mass is 9.90. The molecule has 3 N–H and O–H groups in total. The maximum atomic E-state index is 11.3. The normalized spacial score (nSPS) is 22.3. The first-order valence-corrected chi connectivity index (χ1v) is 4.82. The van der Waals surface area contributed by atoms with Crippen LogP contribution < -0.4 is 0 Å². The van der Waals surface area contributed by atoms with Crippen LogP contribution in [0.1, 0.15) is 6.42 Å². The van der Waals surface area contributed by atoms with Crippen molar-refractivity contribution in [2.24, 2.45) is 0 Å². The monoisotopic (exact) mass is 219 g/mol. The fourth-order valence-electron chi connectivity index (χ4n) is 1.76. The molecule has 15 heavy (non-hydrogen) atoms. The quantitative estimate of drug-likeness (QED) is 0.461. The van der Waals surface area contributed by atoms with Crippen molar-refractivity contribution >= 4 is 5.97 Å². The highest BCUT2D eigenvalue weighted by Crippen LogP contribution is 2.28. The highest BCUT2D eigenvalue weighted by Gasteiger charge is 2.47. The third kappa shape index (κ3) is 1.98. The maximum absolute atomic E-state index is 11.3. The maximum Gasteiger partial charge on any atom is 0.323 e. The zero-order valence-corrected chi connectivity index (χ0v) is 8.72. The van der Waals surface area contributed by atoms with Gasteiger partial charge >= 0.3 is 5.97 Å². The van der Waals surface area contributed by atoms with Crippen LogP contribution in [0, 0.1) is 0 Å². The van der Waals surface area contributed by atoms with E-state index in [1.54, 1.807) is 4.90 Å². The molecule has 88 valence electrons. The highest BCUT2D eigenvalue weighted by atomic mass is 16.5. The van der Waals surface area contributed by atoms with Gasteiger partial charge in [0, 0.05) is 6.54 Å². The summed E-state index contributed by atoms with van der Waals surface area (Å²) >= 11 is 0. The van der Waals surface area contributed by atoms with Gasteiger partial charge in [-0.3, -0.25) is 9.69 Å². The summed E-state index contributed by atoms with van der Waals surface area (Å²) in [5.74, 6) is -0.402. The number of carbonyl (C=O) groups excluding carboxylic acids is 1. The number of likely N-dealkylation sites (tertiary alicyclic amines) is 1. The number of rotatable bonds is 5. The summed E-state index contributed by atoms with van der Waals surface area (Å²) in [6.45, 7) is -0.629. The number of methoxy groups -OCH3 is 1. The summed E-state index contributed by atoms with van der Waals surface area (Å²) in [6, 6.07) is -0.471. The van der Waals surface area contributed by atoms with Crippen LogP contribution in [0.2, 0.25) is 0 Å². The molecule has 1 aliphatic rings. The van der Waals surface area contributed by atoms with Crippen LogP contribution in [0.4, 0.5) is 0 Å². The molecule has 1 fully saturated rings. The molecule has 1 unspecified atom stereocenters. The minimum absolute atomic E-state index is 0.395. The van der Waals surface area contributed by atoms with Crippen LogP contribution in [0.5, 0.6) is 0 Å². The van der Waals surface area contributed by atoms with Crippen LogP contribution in [-0.4, -0.2) is 71.2 Å². The Labute approximate surface area is 88.1 Å². The largest absolute Gasteiger partial charge is 0.468 e. The molecular weight excluding hydrogens is 202 g/mol. The molecular formula is C9H17NO5. The molecule has 1 saturated heterocycles. The number of ether oxygens (including phenoxy) is 1. The van der Waals surface area contributed by atoms with Gasteiger partial charge in [0.15, 0.2) is 0 Å². The van der Waals surface area contributed by atoms with Crippen LogP contribution in [0.15, 0.2) is 0 Å². The summed E-state index contributed by atoms with van der Waals surface area (Å²) in [6.07, 6.45) is 0.619. The molecule has 6 heteroatoms. The van der Waals surface area contributed by atoms with E-state index >= 15 is 0 Å². The van der Waals surface area contributed by atoms with Crippen molar-refractivity contribution in [3.05, 3.63) is 0 Å². The van der Waals surface area contributed by atoms with E-state index in [0.717, 1.165) is 0 Å². The topological polar surface area (TPSA) is 90.2 Å². The lowest BCUT2D eigenvalue weighted by Crippen LogP contribution is -2.68. The number of nitrogens with zero attached hydrogens (tertiary/aromatic N) is 1. The Balaban J connectivity index is 2.73. The van der Waals surface area contributed by atoms with E-state index in [2.05, 4.69) is 4.74 Å². The second-order valence-electron chi connectivity index (χ2n) is 3.72. The van der Waals surface area contributed by atoms with Crippen LogP contribution >= 0.6 is 0 Å². The van der Waals surface area contributed by atoms with Gasteiger partial charge in [-0.2, -0.15) is 0 Å². The minimum atomic E-state index is -1.13. The Morgan fingerprint density at radius 2 is 1.93 bits per heavy atom. The first-order chi connectivity index (χ1) is 7.15. The van der Waals surface area contributed by atoms with E-state index in [-0.39, 0.29) is 0 Å². The Hall–Kier alpha value is -0.690. The van der Waals surface area contributed by atoms with Gasteiger partial charge in [-0.1, -0.05) is 0 Å². The summed E-state index contributed by atoms with van der Waals surface area (Å²) in [5, 5.41) is 27.5. The van der Waals surface area contributed by atoms with Crippen molar-refractivity contribution in [2.45, 2.75) is 18.0 Å². The van der Waals surface area contributed by atoms with Crippen LogP contribution in [0.3, 0.4) is 0 Å². The lowest BCUT2D eigenvalue weighted by molar-refractivity contribution is -0.166. The number of carbonyl (C=O) groups is 1. The predicted molar refractivity (Wildman–Crippen MR) is 51.1 cm³/mol. The zero-order valence-electron chi connectivity index (χ0n) is 8.72. The standard InChI is InChI=1S/C9H17NO5/c1-15-8(14)7-2-3-10(7)9(4-11,5-12)6-13/h7,11-13H,2-6H2,1H3. The van der Waals surface area contributed by atoms with Gasteiger partial charge in [0.1, 0.15) is 6.04 Å². The van der Waals surface area contributed by atoms with E-state index in [1.165, 1.54) is 7.11 Å². The minimum Gasteiger partial charge on any atom is -0.468 e. The van der Waals surface area contributed by atoms with Crippen LogP contribution in [-0.2, 0) is 9.53 Å². The fourth-order valence-corrected chi connectivity index (χ4v) is 1.76. The number of hydrogen-bond donors (Lipinski definition) is 3.